The van der Waals surface area contributed by atoms with Crippen molar-refractivity contribution in [1.82, 2.24) is 4.90 Å². The molecule has 0 aliphatic carbocycles. The lowest BCUT2D eigenvalue weighted by Gasteiger charge is -2.13. The third-order valence-corrected chi connectivity index (χ3v) is 2.09. The van der Waals surface area contributed by atoms with Crippen molar-refractivity contribution in [1.29, 1.82) is 0 Å². The highest BCUT2D eigenvalue weighted by atomic mass is 19.1. The van der Waals surface area contributed by atoms with Crippen LogP contribution in [0.2, 0.25) is 0 Å². The molecule has 0 aromatic heterocycles. The number of carbonyl (C=O) groups is 1. The minimum Gasteiger partial charge on any atom is -0.395 e. The average molecular weight is 250 g/mol. The predicted octanol–water partition coefficient (Wildman–Crippen LogP) is 1.65. The molecule has 0 heterocycles. The van der Waals surface area contributed by atoms with E-state index in [2.05, 4.69) is 17.2 Å². The molecule has 1 rings (SSSR count). The molecule has 0 spiro atoms. The number of hydrogen-bond acceptors (Lipinski definition) is 2. The first-order chi connectivity index (χ1) is 8.54. The zero-order valence-electron chi connectivity index (χ0n) is 10.3. The lowest BCUT2D eigenvalue weighted by atomic mass is 10.1. The third kappa shape index (κ3) is 4.07. The molecule has 0 atom stereocenters. The van der Waals surface area contributed by atoms with Gasteiger partial charge in [0.15, 0.2) is 0 Å². The molecule has 0 fully saturated rings. The zero-order valence-corrected chi connectivity index (χ0v) is 10.3. The third-order valence-electron chi connectivity index (χ3n) is 2.09. The van der Waals surface area contributed by atoms with Crippen LogP contribution in [0.25, 0.3) is 0 Å². The molecule has 4 nitrogen and oxygen atoms in total. The van der Waals surface area contributed by atoms with E-state index in [9.17, 15) is 9.18 Å². The van der Waals surface area contributed by atoms with E-state index in [0.717, 1.165) is 0 Å². The van der Waals surface area contributed by atoms with Crippen molar-refractivity contribution < 1.29 is 14.3 Å². The number of aliphatic hydroxyl groups excluding tert-OH is 1. The molecule has 0 saturated carbocycles. The summed E-state index contributed by atoms with van der Waals surface area (Å²) in [5, 5.41) is 11.3. The summed E-state index contributed by atoms with van der Waals surface area (Å²) in [4.78, 5) is 12.9. The van der Waals surface area contributed by atoms with Crippen molar-refractivity contribution in [2.45, 2.75) is 6.42 Å². The normalized spacial score (nSPS) is 9.33. The van der Waals surface area contributed by atoms with Crippen LogP contribution in [-0.2, 0) is 0 Å². The number of rotatable bonds is 2. The van der Waals surface area contributed by atoms with Crippen LogP contribution >= 0.6 is 0 Å². The van der Waals surface area contributed by atoms with E-state index in [0.29, 0.717) is 17.7 Å². The van der Waals surface area contributed by atoms with Gasteiger partial charge in [0.1, 0.15) is 5.82 Å². The Kier molecular flexibility index (Phi) is 5.15. The Balaban J connectivity index is 2.97. The lowest BCUT2D eigenvalue weighted by Crippen LogP contribution is -2.27. The highest BCUT2D eigenvalue weighted by Gasteiger charge is 2.07. The van der Waals surface area contributed by atoms with Crippen LogP contribution in [0.3, 0.4) is 0 Å². The van der Waals surface area contributed by atoms with Gasteiger partial charge in [-0.25, -0.2) is 9.18 Å². The fraction of sp³-hybridized carbons (Fsp3) is 0.308. The van der Waals surface area contributed by atoms with Crippen molar-refractivity contribution in [2.24, 2.45) is 0 Å². The van der Waals surface area contributed by atoms with Gasteiger partial charge in [-0.15, -0.1) is 0 Å². The van der Waals surface area contributed by atoms with Gasteiger partial charge in [0.05, 0.1) is 17.9 Å². The van der Waals surface area contributed by atoms with E-state index in [4.69, 9.17) is 5.11 Å². The molecule has 0 saturated heterocycles. The van der Waals surface area contributed by atoms with Crippen LogP contribution in [0.4, 0.5) is 14.9 Å². The number of urea groups is 1. The van der Waals surface area contributed by atoms with Gasteiger partial charge in [-0.05, 0) is 18.2 Å². The van der Waals surface area contributed by atoms with Gasteiger partial charge < -0.3 is 15.3 Å². The standard InChI is InChI=1S/C13H15FN2O2/c1-16(2)13(18)15-12-7-6-11(14)9-10(12)5-3-4-8-17/h6-7,9,17H,4,8H2,1-2H3,(H,15,18). The zero-order chi connectivity index (χ0) is 13.5. The average Bonchev–Trinajstić information content (AvgIpc) is 2.32. The van der Waals surface area contributed by atoms with E-state index >= 15 is 0 Å². The Bertz CT molecular complexity index is 489. The van der Waals surface area contributed by atoms with E-state index in [1.165, 1.54) is 23.1 Å². The van der Waals surface area contributed by atoms with Gasteiger partial charge in [-0.3, -0.25) is 0 Å². The van der Waals surface area contributed by atoms with Crippen LogP contribution in [-0.4, -0.2) is 36.7 Å². The molecule has 0 aliphatic rings. The minimum absolute atomic E-state index is 0.0539. The van der Waals surface area contributed by atoms with Crippen molar-refractivity contribution in [3.8, 4) is 11.8 Å². The molecule has 0 radical (unpaired) electrons. The Labute approximate surface area is 105 Å². The summed E-state index contributed by atoms with van der Waals surface area (Å²) >= 11 is 0. The molecule has 96 valence electrons. The number of amides is 2. The van der Waals surface area contributed by atoms with Crippen LogP contribution in [0.15, 0.2) is 18.2 Å². The molecule has 1 aromatic rings. The molecule has 5 heteroatoms. The van der Waals surface area contributed by atoms with Crippen LogP contribution < -0.4 is 5.32 Å². The molecule has 2 amide bonds. The number of carbonyl (C=O) groups excluding carboxylic acids is 1. The number of aliphatic hydroxyl groups is 1. The van der Waals surface area contributed by atoms with Crippen molar-refractivity contribution in [3.63, 3.8) is 0 Å². The summed E-state index contributed by atoms with van der Waals surface area (Å²) in [6.45, 7) is -0.0539. The molecule has 0 aliphatic heterocycles. The highest BCUT2D eigenvalue weighted by molar-refractivity contribution is 5.90. The van der Waals surface area contributed by atoms with Crippen molar-refractivity contribution in [2.75, 3.05) is 26.0 Å². The van der Waals surface area contributed by atoms with Gasteiger partial charge in [-0.2, -0.15) is 0 Å². The van der Waals surface area contributed by atoms with E-state index in [-0.39, 0.29) is 12.6 Å². The van der Waals surface area contributed by atoms with Crippen molar-refractivity contribution in [3.05, 3.63) is 29.6 Å². The number of anilines is 1. The first-order valence-corrected chi connectivity index (χ1v) is 5.42. The largest absolute Gasteiger partial charge is 0.395 e. The number of nitrogens with zero attached hydrogens (tertiary/aromatic N) is 1. The SMILES string of the molecule is CN(C)C(=O)Nc1ccc(F)cc1C#CCCO. The topological polar surface area (TPSA) is 52.6 Å². The van der Waals surface area contributed by atoms with E-state index in [1.54, 1.807) is 14.1 Å². The Morgan fingerprint density at radius 3 is 2.83 bits per heavy atom. The quantitative estimate of drug-likeness (QED) is 0.784. The second-order valence-electron chi connectivity index (χ2n) is 3.79. The molecular weight excluding hydrogens is 235 g/mol. The summed E-state index contributed by atoms with van der Waals surface area (Å²) < 4.78 is 13.1. The second-order valence-corrected chi connectivity index (χ2v) is 3.79. The fourth-order valence-electron chi connectivity index (χ4n) is 1.17. The summed E-state index contributed by atoms with van der Waals surface area (Å²) in [6, 6.07) is 3.64. The first kappa shape index (κ1) is 14.0. The molecule has 1 aromatic carbocycles. The molecule has 0 unspecified atom stereocenters. The Morgan fingerprint density at radius 2 is 2.22 bits per heavy atom. The van der Waals surface area contributed by atoms with Gasteiger partial charge in [-0.1, -0.05) is 11.8 Å². The molecule has 0 bridgehead atoms. The fourth-order valence-corrected chi connectivity index (χ4v) is 1.17. The summed E-state index contributed by atoms with van der Waals surface area (Å²) in [7, 11) is 3.21. The van der Waals surface area contributed by atoms with Gasteiger partial charge in [0.25, 0.3) is 0 Å². The monoisotopic (exact) mass is 250 g/mol. The number of hydrogen-bond donors (Lipinski definition) is 2. The summed E-state index contributed by atoms with van der Waals surface area (Å²) in [6.07, 6.45) is 0.303. The highest BCUT2D eigenvalue weighted by Crippen LogP contribution is 2.16. The maximum absolute atomic E-state index is 13.1. The van der Waals surface area contributed by atoms with Crippen molar-refractivity contribution >= 4 is 11.7 Å². The van der Waals surface area contributed by atoms with E-state index in [1.807, 2.05) is 0 Å². The molecular formula is C13H15FN2O2. The maximum Gasteiger partial charge on any atom is 0.321 e. The Hall–Kier alpha value is -2.06. The van der Waals surface area contributed by atoms with Crippen LogP contribution in [0.5, 0.6) is 0 Å². The summed E-state index contributed by atoms with van der Waals surface area (Å²) in [5.74, 6) is 4.98. The van der Waals surface area contributed by atoms with Crippen LogP contribution in [0, 0.1) is 17.7 Å². The molecule has 2 N–H and O–H groups in total. The summed E-state index contributed by atoms with van der Waals surface area (Å²) in [5.41, 5.74) is 0.833. The minimum atomic E-state index is -0.425. The van der Waals surface area contributed by atoms with Gasteiger partial charge in [0, 0.05) is 20.5 Å². The second kappa shape index (κ2) is 6.62. The predicted molar refractivity (Wildman–Crippen MR) is 67.7 cm³/mol. The smallest absolute Gasteiger partial charge is 0.321 e. The maximum atomic E-state index is 13.1. The van der Waals surface area contributed by atoms with Gasteiger partial charge in [0.2, 0.25) is 0 Å². The lowest BCUT2D eigenvalue weighted by molar-refractivity contribution is 0.230. The van der Waals surface area contributed by atoms with Crippen LogP contribution in [0.1, 0.15) is 12.0 Å². The van der Waals surface area contributed by atoms with Gasteiger partial charge >= 0.3 is 6.03 Å². The number of benzene rings is 1. The first-order valence-electron chi connectivity index (χ1n) is 5.42. The Morgan fingerprint density at radius 1 is 1.50 bits per heavy atom. The van der Waals surface area contributed by atoms with E-state index < -0.39 is 5.82 Å². The number of nitrogens with one attached hydrogen (secondary N) is 1. The number of halogens is 1. The molecule has 18 heavy (non-hydrogen) atoms.